The lowest BCUT2D eigenvalue weighted by molar-refractivity contribution is -0.917. The second-order valence-electron chi connectivity index (χ2n) is 6.08. The summed E-state index contributed by atoms with van der Waals surface area (Å²) in [6, 6.07) is 15.8. The molecule has 0 aliphatic carbocycles. The van der Waals surface area contributed by atoms with Gasteiger partial charge in [-0.05, 0) is 30.3 Å². The van der Waals surface area contributed by atoms with E-state index in [1.54, 1.807) is 7.11 Å². The van der Waals surface area contributed by atoms with Crippen LogP contribution in [0.4, 0.5) is 0 Å². The van der Waals surface area contributed by atoms with E-state index in [1.165, 1.54) is 10.5 Å². The maximum atomic E-state index is 12.6. The van der Waals surface area contributed by atoms with Crippen LogP contribution in [0, 0.1) is 0 Å². The first-order valence-corrected chi connectivity index (χ1v) is 8.96. The molecule has 3 rings (SSSR count). The number of methoxy groups -OCH3 is 1. The number of halogens is 1. The van der Waals surface area contributed by atoms with Crippen molar-refractivity contribution in [1.82, 2.24) is 4.90 Å². The lowest BCUT2D eigenvalue weighted by Crippen LogP contribution is -3.13. The van der Waals surface area contributed by atoms with Crippen LogP contribution >= 0.6 is 15.9 Å². The van der Waals surface area contributed by atoms with Crippen molar-refractivity contribution < 1.29 is 14.4 Å². The third kappa shape index (κ3) is 4.16. The maximum absolute atomic E-state index is 12.6. The number of rotatable bonds is 4. The van der Waals surface area contributed by atoms with Crippen LogP contribution in [0.25, 0.3) is 0 Å². The zero-order valence-corrected chi connectivity index (χ0v) is 15.4. The Balaban J connectivity index is 1.57. The molecule has 1 fully saturated rings. The van der Waals surface area contributed by atoms with Crippen molar-refractivity contribution >= 4 is 21.8 Å². The van der Waals surface area contributed by atoms with Crippen LogP contribution in [0.1, 0.15) is 15.9 Å². The number of benzene rings is 2. The molecule has 4 nitrogen and oxygen atoms in total. The van der Waals surface area contributed by atoms with Gasteiger partial charge in [0, 0.05) is 15.6 Å². The standard InChI is InChI=1S/C19H21BrN2O2/c1-24-18-7-3-5-16(13-18)19(23)22-10-8-21(9-11-22)14-15-4-2-6-17(20)12-15/h2-7,12-13H,8-11,14H2,1H3/p+1. The molecule has 1 aliphatic rings. The molecule has 0 atom stereocenters. The lowest BCUT2D eigenvalue weighted by Gasteiger charge is -2.32. The largest absolute Gasteiger partial charge is 0.497 e. The number of carbonyl (C=O) groups excluding carboxylic acids is 1. The highest BCUT2D eigenvalue weighted by atomic mass is 79.9. The van der Waals surface area contributed by atoms with Crippen molar-refractivity contribution in [3.63, 3.8) is 0 Å². The fourth-order valence-electron chi connectivity index (χ4n) is 3.08. The molecular weight excluding hydrogens is 368 g/mol. The van der Waals surface area contributed by atoms with Gasteiger partial charge in [0.25, 0.3) is 5.91 Å². The summed E-state index contributed by atoms with van der Waals surface area (Å²) in [6.07, 6.45) is 0. The molecule has 2 aromatic rings. The number of ether oxygens (including phenoxy) is 1. The summed E-state index contributed by atoms with van der Waals surface area (Å²) in [5, 5.41) is 0. The molecule has 0 radical (unpaired) electrons. The number of nitrogens with one attached hydrogen (secondary N) is 1. The second kappa shape index (κ2) is 7.81. The van der Waals surface area contributed by atoms with Gasteiger partial charge in [0.2, 0.25) is 0 Å². The van der Waals surface area contributed by atoms with Gasteiger partial charge in [-0.15, -0.1) is 0 Å². The van der Waals surface area contributed by atoms with E-state index in [1.807, 2.05) is 35.2 Å². The van der Waals surface area contributed by atoms with Gasteiger partial charge in [0.15, 0.2) is 0 Å². The first-order valence-electron chi connectivity index (χ1n) is 8.17. The van der Waals surface area contributed by atoms with Crippen LogP contribution < -0.4 is 9.64 Å². The molecule has 1 aliphatic heterocycles. The Morgan fingerprint density at radius 3 is 2.62 bits per heavy atom. The monoisotopic (exact) mass is 389 g/mol. The average Bonchev–Trinajstić information content (AvgIpc) is 2.62. The van der Waals surface area contributed by atoms with Crippen LogP contribution in [0.3, 0.4) is 0 Å². The van der Waals surface area contributed by atoms with Crippen molar-refractivity contribution in [2.24, 2.45) is 0 Å². The summed E-state index contributed by atoms with van der Waals surface area (Å²) in [7, 11) is 1.62. The van der Waals surface area contributed by atoms with Gasteiger partial charge in [-0.3, -0.25) is 4.79 Å². The quantitative estimate of drug-likeness (QED) is 0.867. The van der Waals surface area contributed by atoms with E-state index in [0.29, 0.717) is 5.56 Å². The molecule has 1 N–H and O–H groups in total. The minimum Gasteiger partial charge on any atom is -0.497 e. The number of carbonyl (C=O) groups is 1. The van der Waals surface area contributed by atoms with Crippen LogP contribution in [-0.2, 0) is 6.54 Å². The van der Waals surface area contributed by atoms with Crippen molar-refractivity contribution in [1.29, 1.82) is 0 Å². The summed E-state index contributed by atoms with van der Waals surface area (Å²) in [6.45, 7) is 4.53. The number of amides is 1. The highest BCUT2D eigenvalue weighted by Gasteiger charge is 2.24. The van der Waals surface area contributed by atoms with Crippen molar-refractivity contribution in [3.8, 4) is 5.75 Å². The third-order valence-corrected chi connectivity index (χ3v) is 4.91. The Hall–Kier alpha value is -1.85. The molecule has 0 saturated carbocycles. The van der Waals surface area contributed by atoms with Crippen LogP contribution in [-0.4, -0.2) is 44.1 Å². The van der Waals surface area contributed by atoms with Gasteiger partial charge in [-0.2, -0.15) is 0 Å². The molecule has 1 saturated heterocycles. The molecule has 0 aromatic heterocycles. The highest BCUT2D eigenvalue weighted by molar-refractivity contribution is 9.10. The molecule has 0 spiro atoms. The predicted octanol–water partition coefficient (Wildman–Crippen LogP) is 2.00. The van der Waals surface area contributed by atoms with Gasteiger partial charge >= 0.3 is 0 Å². The Morgan fingerprint density at radius 2 is 1.92 bits per heavy atom. The lowest BCUT2D eigenvalue weighted by atomic mass is 10.1. The molecule has 5 heteroatoms. The Labute approximate surface area is 151 Å². The summed E-state index contributed by atoms with van der Waals surface area (Å²) >= 11 is 3.52. The Bertz CT molecular complexity index is 712. The van der Waals surface area contributed by atoms with E-state index in [4.69, 9.17) is 4.74 Å². The molecule has 24 heavy (non-hydrogen) atoms. The normalized spacial score (nSPS) is 15.3. The zero-order valence-electron chi connectivity index (χ0n) is 13.8. The summed E-state index contributed by atoms with van der Waals surface area (Å²) in [5.41, 5.74) is 2.02. The first-order chi connectivity index (χ1) is 11.7. The van der Waals surface area contributed by atoms with E-state index in [9.17, 15) is 4.79 Å². The van der Waals surface area contributed by atoms with Crippen molar-refractivity contribution in [3.05, 3.63) is 64.1 Å². The van der Waals surface area contributed by atoms with Crippen LogP contribution in [0.5, 0.6) is 5.75 Å². The van der Waals surface area contributed by atoms with Gasteiger partial charge in [-0.25, -0.2) is 0 Å². The average molecular weight is 390 g/mol. The van der Waals surface area contributed by atoms with E-state index < -0.39 is 0 Å². The molecule has 0 unspecified atom stereocenters. The van der Waals surface area contributed by atoms with E-state index in [0.717, 1.165) is 42.9 Å². The molecule has 1 amide bonds. The van der Waals surface area contributed by atoms with Gasteiger partial charge in [-0.1, -0.05) is 34.1 Å². The van der Waals surface area contributed by atoms with Crippen molar-refractivity contribution in [2.45, 2.75) is 6.54 Å². The second-order valence-corrected chi connectivity index (χ2v) is 7.00. The number of nitrogens with zero attached hydrogens (tertiary/aromatic N) is 1. The van der Waals surface area contributed by atoms with Gasteiger partial charge in [0.05, 0.1) is 33.3 Å². The zero-order chi connectivity index (χ0) is 16.9. The maximum Gasteiger partial charge on any atom is 0.254 e. The molecular formula is C19H22BrN2O2+. The summed E-state index contributed by atoms with van der Waals surface area (Å²) < 4.78 is 6.32. The number of piperazine rings is 1. The Morgan fingerprint density at radius 1 is 1.17 bits per heavy atom. The summed E-state index contributed by atoms with van der Waals surface area (Å²) in [5.74, 6) is 0.815. The molecule has 126 valence electrons. The fourth-order valence-corrected chi connectivity index (χ4v) is 3.52. The third-order valence-electron chi connectivity index (χ3n) is 4.42. The van der Waals surface area contributed by atoms with E-state index in [2.05, 4.69) is 34.1 Å². The van der Waals surface area contributed by atoms with E-state index in [-0.39, 0.29) is 5.91 Å². The smallest absolute Gasteiger partial charge is 0.254 e. The van der Waals surface area contributed by atoms with Gasteiger partial charge < -0.3 is 14.5 Å². The molecule has 1 heterocycles. The predicted molar refractivity (Wildman–Crippen MR) is 97.4 cm³/mol. The van der Waals surface area contributed by atoms with Crippen LogP contribution in [0.15, 0.2) is 53.0 Å². The molecule has 2 aromatic carbocycles. The van der Waals surface area contributed by atoms with Gasteiger partial charge in [0.1, 0.15) is 12.3 Å². The van der Waals surface area contributed by atoms with E-state index >= 15 is 0 Å². The number of hydrogen-bond acceptors (Lipinski definition) is 2. The fraction of sp³-hybridized carbons (Fsp3) is 0.316. The molecule has 0 bridgehead atoms. The van der Waals surface area contributed by atoms with Crippen LogP contribution in [0.2, 0.25) is 0 Å². The highest BCUT2D eigenvalue weighted by Crippen LogP contribution is 2.15. The SMILES string of the molecule is COc1cccc(C(=O)N2CC[NH+](Cc3cccc(Br)c3)CC2)c1. The number of hydrogen-bond donors (Lipinski definition) is 1. The Kier molecular flexibility index (Phi) is 5.53. The minimum atomic E-state index is 0.0930. The summed E-state index contributed by atoms with van der Waals surface area (Å²) in [4.78, 5) is 16.1. The number of quaternary nitrogens is 1. The first kappa shape index (κ1) is 17.0. The topological polar surface area (TPSA) is 34.0 Å². The minimum absolute atomic E-state index is 0.0930. The van der Waals surface area contributed by atoms with Crippen molar-refractivity contribution in [2.75, 3.05) is 33.3 Å².